The summed E-state index contributed by atoms with van der Waals surface area (Å²) in [6.45, 7) is 6.80. The van der Waals surface area contributed by atoms with Crippen LogP contribution in [0.15, 0.2) is 42.5 Å². The van der Waals surface area contributed by atoms with E-state index in [-0.39, 0.29) is 5.91 Å². The maximum atomic E-state index is 12.8. The van der Waals surface area contributed by atoms with E-state index in [2.05, 4.69) is 27.5 Å². The van der Waals surface area contributed by atoms with Gasteiger partial charge in [-0.15, -0.1) is 0 Å². The van der Waals surface area contributed by atoms with Crippen LogP contribution < -0.4 is 10.6 Å². The van der Waals surface area contributed by atoms with Gasteiger partial charge in [-0.1, -0.05) is 36.8 Å². The van der Waals surface area contributed by atoms with E-state index >= 15 is 0 Å². The van der Waals surface area contributed by atoms with Crippen LogP contribution in [-0.4, -0.2) is 22.4 Å². The van der Waals surface area contributed by atoms with E-state index in [4.69, 9.17) is 0 Å². The fraction of sp³-hybridized carbons (Fsp3) is 0.250. The Labute approximate surface area is 147 Å². The van der Waals surface area contributed by atoms with Gasteiger partial charge in [0.2, 0.25) is 0 Å². The summed E-state index contributed by atoms with van der Waals surface area (Å²) in [6, 6.07) is 13.5. The highest BCUT2D eigenvalue weighted by molar-refractivity contribution is 6.07. The highest BCUT2D eigenvalue weighted by Gasteiger charge is 2.17. The Balaban J connectivity index is 1.98. The number of aromatic nitrogens is 2. The third-order valence-corrected chi connectivity index (χ3v) is 3.96. The number of hydrogen-bond acceptors (Lipinski definition) is 4. The van der Waals surface area contributed by atoms with E-state index in [1.807, 2.05) is 56.3 Å². The first kappa shape index (κ1) is 16.9. The summed E-state index contributed by atoms with van der Waals surface area (Å²) >= 11 is 0. The van der Waals surface area contributed by atoms with Crippen LogP contribution in [0.3, 0.4) is 0 Å². The molecule has 0 saturated heterocycles. The molecule has 5 heteroatoms. The highest BCUT2D eigenvalue weighted by Crippen LogP contribution is 2.21. The fourth-order valence-electron chi connectivity index (χ4n) is 2.66. The zero-order valence-electron chi connectivity index (χ0n) is 14.8. The lowest BCUT2D eigenvalue weighted by Crippen LogP contribution is -2.18. The summed E-state index contributed by atoms with van der Waals surface area (Å²) < 4.78 is 0. The van der Waals surface area contributed by atoms with Crippen LogP contribution in [0.2, 0.25) is 0 Å². The van der Waals surface area contributed by atoms with Crippen molar-refractivity contribution in [1.29, 1.82) is 0 Å². The number of nitrogens with zero attached hydrogens (tertiary/aromatic N) is 2. The second kappa shape index (κ2) is 7.30. The Morgan fingerprint density at radius 3 is 2.44 bits per heavy atom. The van der Waals surface area contributed by atoms with Crippen LogP contribution >= 0.6 is 0 Å². The van der Waals surface area contributed by atoms with Crippen molar-refractivity contribution in [1.82, 2.24) is 9.97 Å². The average Bonchev–Trinajstić information content (AvgIpc) is 2.61. The molecule has 0 fully saturated rings. The summed E-state index contributed by atoms with van der Waals surface area (Å²) in [4.78, 5) is 21.9. The summed E-state index contributed by atoms with van der Waals surface area (Å²) in [5, 5.41) is 6.16. The Bertz CT molecular complexity index is 921. The van der Waals surface area contributed by atoms with Crippen molar-refractivity contribution in [3.63, 3.8) is 0 Å². The zero-order chi connectivity index (χ0) is 17.8. The van der Waals surface area contributed by atoms with Crippen LogP contribution in [0.5, 0.6) is 0 Å². The van der Waals surface area contributed by atoms with Crippen molar-refractivity contribution >= 4 is 28.4 Å². The molecule has 0 saturated carbocycles. The van der Waals surface area contributed by atoms with Crippen LogP contribution in [0.25, 0.3) is 11.0 Å². The summed E-state index contributed by atoms with van der Waals surface area (Å²) in [7, 11) is 0. The Morgan fingerprint density at radius 2 is 1.76 bits per heavy atom. The number of nitrogens with one attached hydrogen (secondary N) is 2. The van der Waals surface area contributed by atoms with Crippen molar-refractivity contribution < 1.29 is 4.79 Å². The largest absolute Gasteiger partial charge is 0.368 e. The first-order valence-corrected chi connectivity index (χ1v) is 8.47. The molecule has 0 aliphatic rings. The number of para-hydroxylation sites is 2. The van der Waals surface area contributed by atoms with Crippen LogP contribution in [-0.2, 0) is 0 Å². The molecule has 1 heterocycles. The van der Waals surface area contributed by atoms with Gasteiger partial charge in [0.05, 0.1) is 11.0 Å². The maximum Gasteiger partial charge on any atom is 0.278 e. The summed E-state index contributed by atoms with van der Waals surface area (Å²) in [6.07, 6.45) is 0.937. The molecule has 0 radical (unpaired) electrons. The molecule has 2 aromatic carbocycles. The van der Waals surface area contributed by atoms with Gasteiger partial charge in [-0.25, -0.2) is 9.97 Å². The highest BCUT2D eigenvalue weighted by atomic mass is 16.1. The summed E-state index contributed by atoms with van der Waals surface area (Å²) in [5.74, 6) is 0.256. The minimum Gasteiger partial charge on any atom is -0.368 e. The summed E-state index contributed by atoms with van der Waals surface area (Å²) in [5.41, 5.74) is 4.75. The number of hydrogen-bond donors (Lipinski definition) is 2. The van der Waals surface area contributed by atoms with Crippen LogP contribution in [0, 0.1) is 13.8 Å². The van der Waals surface area contributed by atoms with E-state index in [0.717, 1.165) is 35.3 Å². The first-order valence-electron chi connectivity index (χ1n) is 8.47. The van der Waals surface area contributed by atoms with Crippen LogP contribution in [0.1, 0.15) is 35.0 Å². The quantitative estimate of drug-likeness (QED) is 0.729. The average molecular weight is 334 g/mol. The molecule has 0 aliphatic carbocycles. The molecule has 0 spiro atoms. The van der Waals surface area contributed by atoms with Crippen molar-refractivity contribution in [2.75, 3.05) is 17.2 Å². The minimum atomic E-state index is -0.260. The van der Waals surface area contributed by atoms with Gasteiger partial charge in [-0.05, 0) is 44.0 Å². The molecule has 0 bridgehead atoms. The molecular formula is C20H22N4O. The number of anilines is 2. The molecule has 0 atom stereocenters. The van der Waals surface area contributed by atoms with E-state index in [9.17, 15) is 4.79 Å². The number of rotatable bonds is 5. The number of fused-ring (bicyclic) bond motifs is 1. The van der Waals surface area contributed by atoms with Gasteiger partial charge in [0, 0.05) is 12.2 Å². The van der Waals surface area contributed by atoms with E-state index in [1.165, 1.54) is 0 Å². The van der Waals surface area contributed by atoms with Gasteiger partial charge >= 0.3 is 0 Å². The van der Waals surface area contributed by atoms with Crippen molar-refractivity contribution in [2.24, 2.45) is 0 Å². The topological polar surface area (TPSA) is 66.9 Å². The number of aryl methyl sites for hydroxylation is 2. The maximum absolute atomic E-state index is 12.8. The first-order chi connectivity index (χ1) is 12.1. The van der Waals surface area contributed by atoms with E-state index < -0.39 is 0 Å². The lowest BCUT2D eigenvalue weighted by atomic mass is 10.1. The van der Waals surface area contributed by atoms with Gasteiger partial charge in [0.25, 0.3) is 5.91 Å². The molecule has 1 amide bonds. The lowest BCUT2D eigenvalue weighted by molar-refractivity contribution is 0.102. The van der Waals surface area contributed by atoms with Gasteiger partial charge in [-0.2, -0.15) is 0 Å². The standard InChI is InChI=1S/C20H22N4O/c1-4-11-21-19-18(22-16-7-5-6-8-17(16)23-19)20(25)24-15-10-9-13(2)12-14(15)3/h5-10,12H,4,11H2,1-3H3,(H,21,23)(H,24,25). The smallest absolute Gasteiger partial charge is 0.278 e. The third kappa shape index (κ3) is 3.76. The van der Waals surface area contributed by atoms with Gasteiger partial charge < -0.3 is 10.6 Å². The monoisotopic (exact) mass is 334 g/mol. The molecule has 0 aliphatic heterocycles. The van der Waals surface area contributed by atoms with Gasteiger partial charge in [0.15, 0.2) is 11.5 Å². The lowest BCUT2D eigenvalue weighted by Gasteiger charge is -2.13. The second-order valence-corrected chi connectivity index (χ2v) is 6.11. The second-order valence-electron chi connectivity index (χ2n) is 6.11. The molecule has 128 valence electrons. The zero-order valence-corrected chi connectivity index (χ0v) is 14.8. The third-order valence-electron chi connectivity index (χ3n) is 3.96. The van der Waals surface area contributed by atoms with Gasteiger partial charge in [-0.3, -0.25) is 4.79 Å². The number of carbonyl (C=O) groups is 1. The normalized spacial score (nSPS) is 10.7. The number of carbonyl (C=O) groups excluding carboxylic acids is 1. The molecule has 5 nitrogen and oxygen atoms in total. The molecule has 3 rings (SSSR count). The number of amides is 1. The Hall–Kier alpha value is -2.95. The predicted octanol–water partition coefficient (Wildman–Crippen LogP) is 4.32. The van der Waals surface area contributed by atoms with Crippen LogP contribution in [0.4, 0.5) is 11.5 Å². The molecular weight excluding hydrogens is 312 g/mol. The SMILES string of the molecule is CCCNc1nc2ccccc2nc1C(=O)Nc1ccc(C)cc1C. The predicted molar refractivity (Wildman–Crippen MR) is 102 cm³/mol. The van der Waals surface area contributed by atoms with E-state index in [1.54, 1.807) is 0 Å². The fourth-order valence-corrected chi connectivity index (χ4v) is 2.66. The molecule has 2 N–H and O–H groups in total. The van der Waals surface area contributed by atoms with E-state index in [0.29, 0.717) is 17.0 Å². The van der Waals surface area contributed by atoms with Crippen molar-refractivity contribution in [3.8, 4) is 0 Å². The van der Waals surface area contributed by atoms with Crippen molar-refractivity contribution in [2.45, 2.75) is 27.2 Å². The molecule has 1 aromatic heterocycles. The Morgan fingerprint density at radius 1 is 1.04 bits per heavy atom. The molecule has 25 heavy (non-hydrogen) atoms. The minimum absolute atomic E-state index is 0.260. The van der Waals surface area contributed by atoms with Gasteiger partial charge in [0.1, 0.15) is 0 Å². The number of benzene rings is 2. The molecule has 0 unspecified atom stereocenters. The van der Waals surface area contributed by atoms with Crippen molar-refractivity contribution in [3.05, 3.63) is 59.3 Å². The Kier molecular flexibility index (Phi) is 4.93. The molecule has 3 aromatic rings.